The molecule has 2 unspecified atom stereocenters. The van der Waals surface area contributed by atoms with Gasteiger partial charge >= 0.3 is 0 Å². The largest absolute Gasteiger partial charge is 0.381 e. The number of ether oxygens (including phenoxy) is 3. The number of carbonyl (C=O) groups is 1. The van der Waals surface area contributed by atoms with E-state index in [-0.39, 0.29) is 19.3 Å². The summed E-state index contributed by atoms with van der Waals surface area (Å²) in [6, 6.07) is 6.23. The van der Waals surface area contributed by atoms with Gasteiger partial charge in [-0.05, 0) is 12.5 Å². The van der Waals surface area contributed by atoms with Crippen molar-refractivity contribution in [3.63, 3.8) is 0 Å². The monoisotopic (exact) mass is 297 g/mol. The summed E-state index contributed by atoms with van der Waals surface area (Å²) in [5.74, 6) is -1.34. The molecule has 6 heteroatoms. The van der Waals surface area contributed by atoms with Gasteiger partial charge in [0.2, 0.25) is 5.91 Å². The Bertz CT molecular complexity index is 496. The van der Waals surface area contributed by atoms with Crippen molar-refractivity contribution in [1.82, 2.24) is 0 Å². The van der Waals surface area contributed by atoms with Crippen molar-refractivity contribution in [3.8, 4) is 0 Å². The molecule has 0 bridgehead atoms. The topological polar surface area (TPSA) is 70.8 Å². The third-order valence-corrected chi connectivity index (χ3v) is 3.97. The van der Waals surface area contributed by atoms with E-state index in [1.165, 1.54) is 13.2 Å². The summed E-state index contributed by atoms with van der Waals surface area (Å²) in [5, 5.41) is 0. The normalized spacial score (nSPS) is 25.7. The van der Waals surface area contributed by atoms with Gasteiger partial charge in [-0.25, -0.2) is 4.39 Å². The molecule has 21 heavy (non-hydrogen) atoms. The first-order chi connectivity index (χ1) is 10.1. The molecular formula is C15H20FNO4. The Morgan fingerprint density at radius 3 is 2.95 bits per heavy atom. The highest BCUT2D eigenvalue weighted by molar-refractivity contribution is 5.87. The van der Waals surface area contributed by atoms with E-state index in [0.717, 1.165) is 0 Å². The molecular weight excluding hydrogens is 277 g/mol. The lowest BCUT2D eigenvalue weighted by atomic mass is 9.66. The molecule has 0 aromatic heterocycles. The van der Waals surface area contributed by atoms with E-state index < -0.39 is 17.1 Å². The van der Waals surface area contributed by atoms with Gasteiger partial charge in [-0.15, -0.1) is 0 Å². The lowest BCUT2D eigenvalue weighted by molar-refractivity contribution is -0.137. The molecule has 0 radical (unpaired) electrons. The summed E-state index contributed by atoms with van der Waals surface area (Å²) in [4.78, 5) is 12.2. The minimum absolute atomic E-state index is 0.0998. The Labute approximate surface area is 123 Å². The number of amides is 1. The van der Waals surface area contributed by atoms with Gasteiger partial charge < -0.3 is 19.9 Å². The van der Waals surface area contributed by atoms with Gasteiger partial charge in [-0.3, -0.25) is 4.79 Å². The van der Waals surface area contributed by atoms with Crippen LogP contribution in [0.3, 0.4) is 0 Å². The molecule has 1 amide bonds. The van der Waals surface area contributed by atoms with E-state index in [4.69, 9.17) is 19.9 Å². The van der Waals surface area contributed by atoms with Crippen LogP contribution in [0.4, 0.5) is 4.39 Å². The van der Waals surface area contributed by atoms with E-state index in [1.54, 1.807) is 18.2 Å². The predicted molar refractivity (Wildman–Crippen MR) is 74.0 cm³/mol. The zero-order valence-electron chi connectivity index (χ0n) is 12.0. The smallest absolute Gasteiger partial charge is 0.228 e. The van der Waals surface area contributed by atoms with Crippen molar-refractivity contribution in [3.05, 3.63) is 35.6 Å². The number of hydrogen-bond donors (Lipinski definition) is 1. The number of halogens is 1. The van der Waals surface area contributed by atoms with Crippen molar-refractivity contribution < 1.29 is 23.4 Å². The highest BCUT2D eigenvalue weighted by Crippen LogP contribution is 2.40. The number of rotatable bonds is 6. The number of carbonyl (C=O) groups excluding carboxylic acids is 1. The van der Waals surface area contributed by atoms with E-state index in [2.05, 4.69) is 0 Å². The first-order valence-corrected chi connectivity index (χ1v) is 6.82. The second-order valence-corrected chi connectivity index (χ2v) is 5.11. The first-order valence-electron chi connectivity index (χ1n) is 6.82. The Balaban J connectivity index is 2.37. The van der Waals surface area contributed by atoms with Crippen LogP contribution in [0.5, 0.6) is 0 Å². The van der Waals surface area contributed by atoms with Gasteiger partial charge in [0.25, 0.3) is 0 Å². The van der Waals surface area contributed by atoms with Crippen molar-refractivity contribution in [2.24, 2.45) is 11.7 Å². The van der Waals surface area contributed by atoms with E-state index in [1.807, 2.05) is 0 Å². The van der Waals surface area contributed by atoms with Crippen molar-refractivity contribution >= 4 is 5.91 Å². The maximum absolute atomic E-state index is 14.2. The number of nitrogens with two attached hydrogens (primary N) is 1. The Kier molecular flexibility index (Phi) is 5.27. The molecule has 1 aliphatic rings. The van der Waals surface area contributed by atoms with Crippen molar-refractivity contribution in [1.29, 1.82) is 0 Å². The highest BCUT2D eigenvalue weighted by atomic mass is 19.1. The predicted octanol–water partition coefficient (Wildman–Crippen LogP) is 1.21. The second-order valence-electron chi connectivity index (χ2n) is 5.11. The zero-order valence-corrected chi connectivity index (χ0v) is 12.0. The number of hydrogen-bond acceptors (Lipinski definition) is 4. The number of methoxy groups -OCH3 is 1. The van der Waals surface area contributed by atoms with Gasteiger partial charge in [0.15, 0.2) is 0 Å². The van der Waals surface area contributed by atoms with Gasteiger partial charge in [0.05, 0.1) is 18.6 Å². The van der Waals surface area contributed by atoms with Crippen LogP contribution in [0.15, 0.2) is 24.3 Å². The first kappa shape index (κ1) is 15.9. The van der Waals surface area contributed by atoms with E-state index >= 15 is 0 Å². The molecule has 116 valence electrons. The molecule has 2 N–H and O–H groups in total. The van der Waals surface area contributed by atoms with Crippen molar-refractivity contribution in [2.45, 2.75) is 11.8 Å². The molecule has 2 atom stereocenters. The van der Waals surface area contributed by atoms with Crippen LogP contribution in [-0.4, -0.2) is 39.6 Å². The molecule has 1 saturated heterocycles. The zero-order chi connectivity index (χ0) is 15.3. The standard InChI is InChI=1S/C15H20FNO4/c1-19-10-21-9-11-8-20-7-6-15(11,14(17)18)12-4-2-3-5-13(12)16/h2-5,11H,6-10H2,1H3,(H2,17,18). The second kappa shape index (κ2) is 6.98. The maximum Gasteiger partial charge on any atom is 0.228 e. The summed E-state index contributed by atoms with van der Waals surface area (Å²) in [6.07, 6.45) is 0.338. The van der Waals surface area contributed by atoms with Crippen LogP contribution < -0.4 is 5.73 Å². The summed E-state index contributed by atoms with van der Waals surface area (Å²) in [7, 11) is 1.51. The van der Waals surface area contributed by atoms with Crippen LogP contribution in [0.25, 0.3) is 0 Å². The fourth-order valence-electron chi connectivity index (χ4n) is 2.90. The van der Waals surface area contributed by atoms with Gasteiger partial charge in [-0.1, -0.05) is 18.2 Å². The number of primary amides is 1. The fraction of sp³-hybridized carbons (Fsp3) is 0.533. The van der Waals surface area contributed by atoms with Crippen LogP contribution >= 0.6 is 0 Å². The van der Waals surface area contributed by atoms with Crippen LogP contribution in [0.1, 0.15) is 12.0 Å². The minimum Gasteiger partial charge on any atom is -0.381 e. The third-order valence-electron chi connectivity index (χ3n) is 3.97. The van der Waals surface area contributed by atoms with Crippen LogP contribution in [-0.2, 0) is 24.4 Å². The molecule has 1 heterocycles. The molecule has 0 saturated carbocycles. The van der Waals surface area contributed by atoms with Crippen LogP contribution in [0.2, 0.25) is 0 Å². The van der Waals surface area contributed by atoms with Crippen LogP contribution in [0, 0.1) is 11.7 Å². The summed E-state index contributed by atoms with van der Waals surface area (Å²) < 4.78 is 29.8. The summed E-state index contributed by atoms with van der Waals surface area (Å²) in [5.41, 5.74) is 4.85. The third kappa shape index (κ3) is 3.07. The number of benzene rings is 1. The van der Waals surface area contributed by atoms with E-state index in [0.29, 0.717) is 25.2 Å². The van der Waals surface area contributed by atoms with E-state index in [9.17, 15) is 9.18 Å². The lowest BCUT2D eigenvalue weighted by Crippen LogP contribution is -2.54. The Morgan fingerprint density at radius 2 is 2.29 bits per heavy atom. The Hall–Kier alpha value is -1.50. The van der Waals surface area contributed by atoms with Gasteiger partial charge in [-0.2, -0.15) is 0 Å². The highest BCUT2D eigenvalue weighted by Gasteiger charge is 2.49. The molecule has 0 aliphatic carbocycles. The quantitative estimate of drug-likeness (QED) is 0.633. The fourth-order valence-corrected chi connectivity index (χ4v) is 2.90. The molecule has 1 aromatic carbocycles. The Morgan fingerprint density at radius 1 is 1.52 bits per heavy atom. The SMILES string of the molecule is COCOCC1COCCC1(C(N)=O)c1ccccc1F. The average Bonchev–Trinajstić information content (AvgIpc) is 2.48. The molecule has 1 fully saturated rings. The average molecular weight is 297 g/mol. The molecule has 5 nitrogen and oxygen atoms in total. The molecule has 2 rings (SSSR count). The van der Waals surface area contributed by atoms with Gasteiger partial charge in [0, 0.05) is 25.2 Å². The minimum atomic E-state index is -1.11. The molecule has 1 aliphatic heterocycles. The van der Waals surface area contributed by atoms with Crippen molar-refractivity contribution in [2.75, 3.05) is 33.7 Å². The summed E-state index contributed by atoms with van der Waals surface area (Å²) >= 11 is 0. The molecule has 0 spiro atoms. The lowest BCUT2D eigenvalue weighted by Gasteiger charge is -2.41. The van der Waals surface area contributed by atoms with Gasteiger partial charge in [0.1, 0.15) is 12.6 Å². The summed E-state index contributed by atoms with van der Waals surface area (Å²) in [6.45, 7) is 0.965. The molecule has 1 aromatic rings. The maximum atomic E-state index is 14.2.